The third-order valence-corrected chi connectivity index (χ3v) is 3.23. The summed E-state index contributed by atoms with van der Waals surface area (Å²) in [4.78, 5) is 0. The van der Waals surface area contributed by atoms with Crippen molar-refractivity contribution >= 4 is 0 Å². The number of hydrogen-bond donors (Lipinski definition) is 2. The predicted octanol–water partition coefficient (Wildman–Crippen LogP) is 2.32. The molecule has 2 nitrogen and oxygen atoms in total. The van der Waals surface area contributed by atoms with Crippen molar-refractivity contribution in [3.8, 4) is 0 Å². The molecule has 1 aliphatic rings. The highest BCUT2D eigenvalue weighted by atomic mass is 16.3. The van der Waals surface area contributed by atoms with Gasteiger partial charge in [0.1, 0.15) is 0 Å². The molecule has 14 heavy (non-hydrogen) atoms. The summed E-state index contributed by atoms with van der Waals surface area (Å²) in [6.07, 6.45) is 6.86. The van der Waals surface area contributed by atoms with E-state index in [1.807, 2.05) is 0 Å². The van der Waals surface area contributed by atoms with E-state index in [-0.39, 0.29) is 6.10 Å². The number of aliphatic hydroxyl groups is 1. The third kappa shape index (κ3) is 4.43. The molecule has 1 fully saturated rings. The molecule has 0 aromatic rings. The van der Waals surface area contributed by atoms with Gasteiger partial charge < -0.3 is 10.4 Å². The summed E-state index contributed by atoms with van der Waals surface area (Å²) < 4.78 is 0. The van der Waals surface area contributed by atoms with Gasteiger partial charge >= 0.3 is 0 Å². The van der Waals surface area contributed by atoms with Gasteiger partial charge in [0, 0.05) is 6.04 Å². The second kappa shape index (κ2) is 6.41. The molecule has 0 saturated heterocycles. The van der Waals surface area contributed by atoms with Crippen LogP contribution in [0.25, 0.3) is 0 Å². The van der Waals surface area contributed by atoms with Crippen molar-refractivity contribution < 1.29 is 5.11 Å². The van der Waals surface area contributed by atoms with Crippen molar-refractivity contribution in [2.24, 2.45) is 5.92 Å². The van der Waals surface area contributed by atoms with Crippen LogP contribution in [0.1, 0.15) is 52.4 Å². The van der Waals surface area contributed by atoms with Crippen LogP contribution in [0.3, 0.4) is 0 Å². The van der Waals surface area contributed by atoms with Gasteiger partial charge in [0.15, 0.2) is 0 Å². The molecule has 1 aliphatic carbocycles. The molecule has 2 N–H and O–H groups in total. The number of aliphatic hydroxyl groups excluding tert-OH is 1. The summed E-state index contributed by atoms with van der Waals surface area (Å²) in [5.41, 5.74) is 0. The average Bonchev–Trinajstić information content (AvgIpc) is 2.17. The van der Waals surface area contributed by atoms with E-state index in [2.05, 4.69) is 19.2 Å². The van der Waals surface area contributed by atoms with Crippen molar-refractivity contribution in [2.45, 2.75) is 64.5 Å². The second-order valence-electron chi connectivity index (χ2n) is 4.81. The van der Waals surface area contributed by atoms with E-state index < -0.39 is 0 Å². The van der Waals surface area contributed by atoms with Gasteiger partial charge in [-0.3, -0.25) is 0 Å². The second-order valence-corrected chi connectivity index (χ2v) is 4.81. The average molecular weight is 199 g/mol. The van der Waals surface area contributed by atoms with E-state index in [9.17, 15) is 5.11 Å². The molecule has 2 heteroatoms. The number of rotatable bonds is 5. The molecule has 1 saturated carbocycles. The molecule has 0 heterocycles. The summed E-state index contributed by atoms with van der Waals surface area (Å²) in [5.74, 6) is 0.798. The fraction of sp³-hybridized carbons (Fsp3) is 1.00. The van der Waals surface area contributed by atoms with Gasteiger partial charge in [0.25, 0.3) is 0 Å². The molecule has 0 radical (unpaired) electrons. The minimum atomic E-state index is -0.0267. The standard InChI is InChI=1S/C12H25NO/c1-3-4-10(2)9-13-11-5-7-12(14)8-6-11/h10-14H,3-9H2,1-2H3/t10-,11?,12?/m0/s1. The fourth-order valence-corrected chi connectivity index (χ4v) is 2.24. The highest BCUT2D eigenvalue weighted by Crippen LogP contribution is 2.18. The molecule has 1 atom stereocenters. The Morgan fingerprint density at radius 2 is 1.93 bits per heavy atom. The predicted molar refractivity (Wildman–Crippen MR) is 60.3 cm³/mol. The topological polar surface area (TPSA) is 32.3 Å². The molecule has 0 aromatic heterocycles. The van der Waals surface area contributed by atoms with Crippen molar-refractivity contribution in [2.75, 3.05) is 6.54 Å². The highest BCUT2D eigenvalue weighted by molar-refractivity contribution is 4.76. The smallest absolute Gasteiger partial charge is 0.0541 e. The molecular weight excluding hydrogens is 174 g/mol. The lowest BCUT2D eigenvalue weighted by molar-refractivity contribution is 0.116. The SMILES string of the molecule is CCC[C@H](C)CNC1CCC(O)CC1. The first-order valence-electron chi connectivity index (χ1n) is 6.13. The molecule has 0 unspecified atom stereocenters. The van der Waals surface area contributed by atoms with E-state index >= 15 is 0 Å². The summed E-state index contributed by atoms with van der Waals surface area (Å²) in [6, 6.07) is 0.665. The van der Waals surface area contributed by atoms with Crippen LogP contribution in [0, 0.1) is 5.92 Å². The Labute approximate surface area is 88.1 Å². The first-order valence-corrected chi connectivity index (χ1v) is 6.13. The molecule has 0 aliphatic heterocycles. The maximum atomic E-state index is 9.36. The van der Waals surface area contributed by atoms with Crippen LogP contribution in [-0.2, 0) is 0 Å². The summed E-state index contributed by atoms with van der Waals surface area (Å²) in [5, 5.41) is 13.0. The number of hydrogen-bond acceptors (Lipinski definition) is 2. The van der Waals surface area contributed by atoms with Gasteiger partial charge in [0.05, 0.1) is 6.10 Å². The van der Waals surface area contributed by atoms with Crippen LogP contribution in [-0.4, -0.2) is 23.8 Å². The molecule has 1 rings (SSSR count). The van der Waals surface area contributed by atoms with Gasteiger partial charge in [-0.05, 0) is 44.6 Å². The van der Waals surface area contributed by atoms with E-state index in [1.54, 1.807) is 0 Å². The Morgan fingerprint density at radius 1 is 1.29 bits per heavy atom. The minimum absolute atomic E-state index is 0.0267. The minimum Gasteiger partial charge on any atom is -0.393 e. The number of nitrogens with one attached hydrogen (secondary N) is 1. The van der Waals surface area contributed by atoms with Crippen molar-refractivity contribution in [1.82, 2.24) is 5.32 Å². The Bertz CT molecular complexity index is 141. The molecular formula is C12H25NO. The fourth-order valence-electron chi connectivity index (χ4n) is 2.24. The summed E-state index contributed by atoms with van der Waals surface area (Å²) in [7, 11) is 0. The largest absolute Gasteiger partial charge is 0.393 e. The Kier molecular flexibility index (Phi) is 5.49. The molecule has 0 aromatic carbocycles. The summed E-state index contributed by atoms with van der Waals surface area (Å²) in [6.45, 7) is 5.70. The van der Waals surface area contributed by atoms with Crippen LogP contribution in [0.4, 0.5) is 0 Å². The van der Waals surface area contributed by atoms with Crippen LogP contribution in [0.2, 0.25) is 0 Å². The lowest BCUT2D eigenvalue weighted by Crippen LogP contribution is -2.36. The molecule has 0 amide bonds. The lowest BCUT2D eigenvalue weighted by atomic mass is 9.92. The van der Waals surface area contributed by atoms with Crippen LogP contribution in [0.5, 0.6) is 0 Å². The van der Waals surface area contributed by atoms with Gasteiger partial charge in [-0.15, -0.1) is 0 Å². The van der Waals surface area contributed by atoms with E-state index in [0.717, 1.165) is 38.1 Å². The first-order chi connectivity index (χ1) is 6.72. The zero-order valence-electron chi connectivity index (χ0n) is 9.63. The van der Waals surface area contributed by atoms with E-state index in [4.69, 9.17) is 0 Å². The van der Waals surface area contributed by atoms with Crippen LogP contribution in [0.15, 0.2) is 0 Å². The summed E-state index contributed by atoms with van der Waals surface area (Å²) >= 11 is 0. The first kappa shape index (κ1) is 12.0. The molecule has 0 spiro atoms. The zero-order chi connectivity index (χ0) is 10.4. The Morgan fingerprint density at radius 3 is 2.50 bits per heavy atom. The molecule has 0 bridgehead atoms. The maximum Gasteiger partial charge on any atom is 0.0541 e. The Hall–Kier alpha value is -0.0800. The maximum absolute atomic E-state index is 9.36. The van der Waals surface area contributed by atoms with Crippen LogP contribution < -0.4 is 5.32 Å². The van der Waals surface area contributed by atoms with Crippen molar-refractivity contribution in [3.05, 3.63) is 0 Å². The van der Waals surface area contributed by atoms with E-state index in [1.165, 1.54) is 12.8 Å². The van der Waals surface area contributed by atoms with E-state index in [0.29, 0.717) is 6.04 Å². The Balaban J connectivity index is 2.06. The van der Waals surface area contributed by atoms with Gasteiger partial charge in [-0.25, -0.2) is 0 Å². The third-order valence-electron chi connectivity index (χ3n) is 3.23. The van der Waals surface area contributed by atoms with Gasteiger partial charge in [-0.1, -0.05) is 20.3 Å². The normalized spacial score (nSPS) is 30.2. The van der Waals surface area contributed by atoms with Gasteiger partial charge in [0.2, 0.25) is 0 Å². The van der Waals surface area contributed by atoms with Crippen molar-refractivity contribution in [1.29, 1.82) is 0 Å². The highest BCUT2D eigenvalue weighted by Gasteiger charge is 2.18. The lowest BCUT2D eigenvalue weighted by Gasteiger charge is -2.27. The molecule has 84 valence electrons. The van der Waals surface area contributed by atoms with Gasteiger partial charge in [-0.2, -0.15) is 0 Å². The zero-order valence-corrected chi connectivity index (χ0v) is 9.63. The monoisotopic (exact) mass is 199 g/mol. The van der Waals surface area contributed by atoms with Crippen LogP contribution >= 0.6 is 0 Å². The van der Waals surface area contributed by atoms with Crippen molar-refractivity contribution in [3.63, 3.8) is 0 Å². The quantitative estimate of drug-likeness (QED) is 0.712.